The number of carbonyl (C=O) groups excluding carboxylic acids is 2. The van der Waals surface area contributed by atoms with E-state index in [0.717, 1.165) is 32.6 Å². The van der Waals surface area contributed by atoms with E-state index in [-0.39, 0.29) is 11.6 Å². The Hall–Kier alpha value is -1.80. The zero-order chi connectivity index (χ0) is 15.4. The second kappa shape index (κ2) is 6.77. The lowest BCUT2D eigenvalue weighted by Crippen LogP contribution is -2.28. The molecule has 0 unspecified atom stereocenters. The van der Waals surface area contributed by atoms with Crippen LogP contribution in [-0.4, -0.2) is 52.2 Å². The molecule has 1 aliphatic heterocycles. The topological polar surface area (TPSA) is 96.7 Å². The number of rotatable bonds is 3. The molecule has 1 fully saturated rings. The van der Waals surface area contributed by atoms with Crippen LogP contribution in [0.25, 0.3) is 0 Å². The van der Waals surface area contributed by atoms with E-state index in [2.05, 4.69) is 15.5 Å². The second-order valence-corrected chi connectivity index (χ2v) is 5.69. The first-order valence-electron chi connectivity index (χ1n) is 6.78. The number of nitrogens with two attached hydrogens (primary N) is 1. The molecule has 21 heavy (non-hydrogen) atoms. The molecule has 1 aromatic rings. The first kappa shape index (κ1) is 15.6. The summed E-state index contributed by atoms with van der Waals surface area (Å²) in [5.41, 5.74) is 6.50. The number of hydrogen-bond donors (Lipinski definition) is 3. The lowest BCUT2D eigenvalue weighted by atomic mass is 10.2. The van der Waals surface area contributed by atoms with Crippen LogP contribution in [0.3, 0.4) is 0 Å². The molecule has 0 bridgehead atoms. The number of anilines is 2. The zero-order valence-corrected chi connectivity index (χ0v) is 13.0. The molecular formula is C13H20N4O3S. The van der Waals surface area contributed by atoms with Gasteiger partial charge in [-0.3, -0.25) is 4.79 Å². The maximum atomic E-state index is 12.0. The molecule has 2 heterocycles. The summed E-state index contributed by atoms with van der Waals surface area (Å²) in [5, 5.41) is 6.55. The molecular weight excluding hydrogens is 292 g/mol. The number of nitrogens with one attached hydrogen (secondary N) is 2. The summed E-state index contributed by atoms with van der Waals surface area (Å²) in [5.74, 6) is -0.798. The minimum atomic E-state index is -0.508. The van der Waals surface area contributed by atoms with Gasteiger partial charge in [0.15, 0.2) is 0 Å². The van der Waals surface area contributed by atoms with E-state index >= 15 is 0 Å². The third-order valence-corrected chi connectivity index (χ3v) is 4.64. The Morgan fingerprint density at radius 2 is 2.14 bits per heavy atom. The molecule has 0 saturated carbocycles. The quantitative estimate of drug-likeness (QED) is 0.694. The Balaban J connectivity index is 2.46. The molecule has 0 aromatic carbocycles. The van der Waals surface area contributed by atoms with E-state index in [1.165, 1.54) is 25.5 Å². The summed E-state index contributed by atoms with van der Waals surface area (Å²) in [6.07, 6.45) is 0.966. The fourth-order valence-corrected chi connectivity index (χ4v) is 3.49. The van der Waals surface area contributed by atoms with Crippen LogP contribution in [0.2, 0.25) is 0 Å². The molecule has 1 aliphatic rings. The van der Waals surface area contributed by atoms with Crippen LogP contribution in [0, 0.1) is 0 Å². The van der Waals surface area contributed by atoms with Gasteiger partial charge in [0, 0.05) is 26.7 Å². The number of esters is 1. The van der Waals surface area contributed by atoms with E-state index in [9.17, 15) is 9.59 Å². The monoisotopic (exact) mass is 312 g/mol. The van der Waals surface area contributed by atoms with Crippen LogP contribution in [-0.2, 0) is 4.74 Å². The van der Waals surface area contributed by atoms with Gasteiger partial charge >= 0.3 is 5.97 Å². The second-order valence-electron chi connectivity index (χ2n) is 4.69. The highest BCUT2D eigenvalue weighted by molar-refractivity contribution is 7.19. The molecule has 7 nitrogen and oxygen atoms in total. The predicted octanol–water partition coefficient (Wildman–Crippen LogP) is 0.276. The fourth-order valence-electron chi connectivity index (χ4n) is 2.28. The number of thiophene rings is 1. The molecule has 2 rings (SSSR count). The van der Waals surface area contributed by atoms with E-state index in [4.69, 9.17) is 10.5 Å². The van der Waals surface area contributed by atoms with Gasteiger partial charge in [-0.05, 0) is 13.0 Å². The van der Waals surface area contributed by atoms with Crippen molar-refractivity contribution in [1.29, 1.82) is 0 Å². The maximum absolute atomic E-state index is 12.0. The number of carbonyl (C=O) groups is 2. The van der Waals surface area contributed by atoms with Gasteiger partial charge in [-0.1, -0.05) is 0 Å². The number of amides is 1. The summed E-state index contributed by atoms with van der Waals surface area (Å²) in [6.45, 7) is 3.34. The summed E-state index contributed by atoms with van der Waals surface area (Å²) < 4.78 is 4.82. The number of ether oxygens (including phenoxy) is 1. The van der Waals surface area contributed by atoms with Crippen LogP contribution in [0.4, 0.5) is 10.7 Å². The van der Waals surface area contributed by atoms with E-state index in [1.54, 1.807) is 0 Å². The van der Waals surface area contributed by atoms with Crippen molar-refractivity contribution in [3.05, 3.63) is 10.4 Å². The standard InChI is InChI=1S/C13H20N4O3S/c1-15-11(18)10-9(14)8(13(19)20-2)12(21-10)17-6-3-4-16-5-7-17/h16H,3-7,14H2,1-2H3,(H,15,18). The maximum Gasteiger partial charge on any atom is 0.343 e. The van der Waals surface area contributed by atoms with Crippen molar-refractivity contribution in [1.82, 2.24) is 10.6 Å². The predicted molar refractivity (Wildman–Crippen MR) is 83.2 cm³/mol. The van der Waals surface area contributed by atoms with E-state index in [1.807, 2.05) is 0 Å². The number of nitrogens with zero attached hydrogens (tertiary/aromatic N) is 1. The van der Waals surface area contributed by atoms with Crippen LogP contribution in [0.15, 0.2) is 0 Å². The molecule has 116 valence electrons. The first-order chi connectivity index (χ1) is 10.1. The molecule has 0 radical (unpaired) electrons. The molecule has 0 atom stereocenters. The van der Waals surface area contributed by atoms with Crippen LogP contribution >= 0.6 is 11.3 Å². The minimum absolute atomic E-state index is 0.193. The largest absolute Gasteiger partial charge is 0.465 e. The van der Waals surface area contributed by atoms with Crippen molar-refractivity contribution >= 4 is 33.9 Å². The SMILES string of the molecule is CNC(=O)c1sc(N2CCCNCC2)c(C(=O)OC)c1N. The summed E-state index contributed by atoms with van der Waals surface area (Å²) in [6, 6.07) is 0. The van der Waals surface area contributed by atoms with Gasteiger partial charge in [0.2, 0.25) is 0 Å². The van der Waals surface area contributed by atoms with Crippen molar-refractivity contribution in [2.75, 3.05) is 51.0 Å². The fraction of sp³-hybridized carbons (Fsp3) is 0.538. The van der Waals surface area contributed by atoms with Gasteiger partial charge in [-0.15, -0.1) is 11.3 Å². The molecule has 8 heteroatoms. The van der Waals surface area contributed by atoms with Crippen molar-refractivity contribution in [2.24, 2.45) is 0 Å². The van der Waals surface area contributed by atoms with E-state index < -0.39 is 5.97 Å². The van der Waals surface area contributed by atoms with Gasteiger partial charge < -0.3 is 26.0 Å². The number of nitrogen functional groups attached to an aromatic ring is 1. The van der Waals surface area contributed by atoms with Gasteiger partial charge in [0.05, 0.1) is 12.8 Å². The highest BCUT2D eigenvalue weighted by Gasteiger charge is 2.28. The molecule has 4 N–H and O–H groups in total. The average molecular weight is 312 g/mol. The summed E-state index contributed by atoms with van der Waals surface area (Å²) >= 11 is 1.24. The van der Waals surface area contributed by atoms with Crippen molar-refractivity contribution in [3.8, 4) is 0 Å². The van der Waals surface area contributed by atoms with Crippen LogP contribution < -0.4 is 21.3 Å². The summed E-state index contributed by atoms with van der Waals surface area (Å²) in [4.78, 5) is 26.4. The van der Waals surface area contributed by atoms with Crippen molar-refractivity contribution in [2.45, 2.75) is 6.42 Å². The van der Waals surface area contributed by atoms with Crippen LogP contribution in [0.5, 0.6) is 0 Å². The van der Waals surface area contributed by atoms with Gasteiger partial charge in [-0.2, -0.15) is 0 Å². The average Bonchev–Trinajstić information content (AvgIpc) is 2.69. The Kier molecular flexibility index (Phi) is 5.03. The lowest BCUT2D eigenvalue weighted by Gasteiger charge is -2.21. The molecule has 0 spiro atoms. The van der Waals surface area contributed by atoms with Gasteiger partial charge in [0.25, 0.3) is 5.91 Å². The Morgan fingerprint density at radius 3 is 2.81 bits per heavy atom. The normalized spacial score (nSPS) is 15.4. The number of hydrogen-bond acceptors (Lipinski definition) is 7. The third-order valence-electron chi connectivity index (χ3n) is 3.38. The third kappa shape index (κ3) is 3.11. The van der Waals surface area contributed by atoms with Gasteiger partial charge in [-0.25, -0.2) is 4.79 Å². The van der Waals surface area contributed by atoms with Crippen molar-refractivity contribution in [3.63, 3.8) is 0 Å². The highest BCUT2D eigenvalue weighted by Crippen LogP contribution is 2.39. The van der Waals surface area contributed by atoms with E-state index in [0.29, 0.717) is 15.4 Å². The zero-order valence-electron chi connectivity index (χ0n) is 12.2. The first-order valence-corrected chi connectivity index (χ1v) is 7.60. The lowest BCUT2D eigenvalue weighted by molar-refractivity contribution is 0.0603. The smallest absolute Gasteiger partial charge is 0.343 e. The Morgan fingerprint density at radius 1 is 1.38 bits per heavy atom. The van der Waals surface area contributed by atoms with Gasteiger partial charge in [0.1, 0.15) is 15.4 Å². The molecule has 1 saturated heterocycles. The van der Waals surface area contributed by atoms with Crippen molar-refractivity contribution < 1.29 is 14.3 Å². The minimum Gasteiger partial charge on any atom is -0.465 e. The Labute approximate surface area is 127 Å². The molecule has 0 aliphatic carbocycles. The number of methoxy groups -OCH3 is 1. The summed E-state index contributed by atoms with van der Waals surface area (Å²) in [7, 11) is 2.85. The molecule has 1 amide bonds. The highest BCUT2D eigenvalue weighted by atomic mass is 32.1. The van der Waals surface area contributed by atoms with Crippen LogP contribution in [0.1, 0.15) is 26.5 Å². The molecule has 1 aromatic heterocycles. The Bertz CT molecular complexity index is 536.